The van der Waals surface area contributed by atoms with Crippen molar-refractivity contribution in [2.24, 2.45) is 17.3 Å². The molecular weight excluding hydrogens is 268 g/mol. The summed E-state index contributed by atoms with van der Waals surface area (Å²) in [7, 11) is 0. The molecular formula is C16H28N2O3. The molecule has 5 heteroatoms. The van der Waals surface area contributed by atoms with Crippen LogP contribution in [0.1, 0.15) is 58.3 Å². The Labute approximate surface area is 126 Å². The minimum absolute atomic E-state index is 0.221. The van der Waals surface area contributed by atoms with Gasteiger partial charge in [-0.25, -0.2) is 4.79 Å². The van der Waals surface area contributed by atoms with Crippen LogP contribution in [-0.4, -0.2) is 30.2 Å². The fourth-order valence-corrected chi connectivity index (χ4v) is 3.60. The highest BCUT2D eigenvalue weighted by molar-refractivity contribution is 5.78. The number of urea groups is 1. The second-order valence-corrected chi connectivity index (χ2v) is 6.98. The van der Waals surface area contributed by atoms with Gasteiger partial charge in [0.15, 0.2) is 0 Å². The molecule has 0 aromatic rings. The van der Waals surface area contributed by atoms with Crippen molar-refractivity contribution in [3.05, 3.63) is 0 Å². The SMILES string of the molecule is CC1CCC(CNC(=O)NCC2(C(=O)O)CCCC2)CC1. The molecule has 0 atom stereocenters. The topological polar surface area (TPSA) is 78.4 Å². The zero-order valence-corrected chi connectivity index (χ0v) is 13.0. The Balaban J connectivity index is 1.68. The van der Waals surface area contributed by atoms with Gasteiger partial charge in [-0.3, -0.25) is 4.79 Å². The lowest BCUT2D eigenvalue weighted by molar-refractivity contribution is -0.148. The molecule has 5 nitrogen and oxygen atoms in total. The highest BCUT2D eigenvalue weighted by atomic mass is 16.4. The van der Waals surface area contributed by atoms with Gasteiger partial charge in [0.2, 0.25) is 0 Å². The van der Waals surface area contributed by atoms with E-state index in [1.165, 1.54) is 25.7 Å². The average molecular weight is 296 g/mol. The first-order valence-electron chi connectivity index (χ1n) is 8.27. The summed E-state index contributed by atoms with van der Waals surface area (Å²) in [5.41, 5.74) is -0.738. The van der Waals surface area contributed by atoms with Crippen LogP contribution in [0.25, 0.3) is 0 Å². The van der Waals surface area contributed by atoms with Crippen molar-refractivity contribution < 1.29 is 14.7 Å². The summed E-state index contributed by atoms with van der Waals surface area (Å²) in [4.78, 5) is 23.3. The Bertz CT molecular complexity index is 370. The maximum absolute atomic E-state index is 11.9. The monoisotopic (exact) mass is 296 g/mol. The summed E-state index contributed by atoms with van der Waals surface area (Å²) in [6.07, 6.45) is 8.07. The van der Waals surface area contributed by atoms with Gasteiger partial charge in [0.25, 0.3) is 0 Å². The van der Waals surface area contributed by atoms with E-state index in [4.69, 9.17) is 0 Å². The molecule has 0 unspecified atom stereocenters. The first-order valence-corrected chi connectivity index (χ1v) is 8.27. The van der Waals surface area contributed by atoms with Crippen molar-refractivity contribution in [3.8, 4) is 0 Å². The zero-order valence-electron chi connectivity index (χ0n) is 13.0. The number of carbonyl (C=O) groups excluding carboxylic acids is 1. The molecule has 2 rings (SSSR count). The summed E-state index contributed by atoms with van der Waals surface area (Å²) in [5, 5.41) is 15.0. The third-order valence-corrected chi connectivity index (χ3v) is 5.29. The predicted octanol–water partition coefficient (Wildman–Crippen LogP) is 2.76. The normalized spacial score (nSPS) is 28.0. The molecule has 2 aliphatic rings. The number of rotatable bonds is 5. The lowest BCUT2D eigenvalue weighted by Gasteiger charge is -2.27. The van der Waals surface area contributed by atoms with Gasteiger partial charge in [-0.15, -0.1) is 0 Å². The van der Waals surface area contributed by atoms with E-state index in [2.05, 4.69) is 17.6 Å². The molecule has 2 saturated carbocycles. The second kappa shape index (κ2) is 7.14. The second-order valence-electron chi connectivity index (χ2n) is 6.98. The zero-order chi connectivity index (χ0) is 15.3. The standard InChI is InChI=1S/C16H28N2O3/c1-12-4-6-13(7-5-12)10-17-15(21)18-11-16(14(19)20)8-2-3-9-16/h12-13H,2-11H2,1H3,(H,19,20)(H2,17,18,21). The Morgan fingerprint density at radius 2 is 1.71 bits per heavy atom. The van der Waals surface area contributed by atoms with Crippen molar-refractivity contribution in [2.75, 3.05) is 13.1 Å². The van der Waals surface area contributed by atoms with Crippen LogP contribution in [0.3, 0.4) is 0 Å². The van der Waals surface area contributed by atoms with E-state index >= 15 is 0 Å². The molecule has 0 aliphatic heterocycles. The molecule has 0 heterocycles. The number of aliphatic carboxylic acids is 1. The molecule has 0 bridgehead atoms. The van der Waals surface area contributed by atoms with Crippen LogP contribution in [0.5, 0.6) is 0 Å². The minimum Gasteiger partial charge on any atom is -0.481 e. The van der Waals surface area contributed by atoms with Gasteiger partial charge < -0.3 is 15.7 Å². The highest BCUT2D eigenvalue weighted by Gasteiger charge is 2.41. The molecule has 3 N–H and O–H groups in total. The van der Waals surface area contributed by atoms with Gasteiger partial charge in [0.05, 0.1) is 5.41 Å². The number of hydrogen-bond donors (Lipinski definition) is 3. The summed E-state index contributed by atoms with van der Waals surface area (Å²) in [5.74, 6) is 0.612. The predicted molar refractivity (Wildman–Crippen MR) is 81.1 cm³/mol. The molecule has 2 fully saturated rings. The molecule has 0 spiro atoms. The minimum atomic E-state index is -0.776. The Morgan fingerprint density at radius 3 is 2.29 bits per heavy atom. The first kappa shape index (κ1) is 16.1. The maximum atomic E-state index is 11.9. The van der Waals surface area contributed by atoms with Gasteiger partial charge in [-0.1, -0.05) is 32.6 Å². The fraction of sp³-hybridized carbons (Fsp3) is 0.875. The molecule has 2 aliphatic carbocycles. The summed E-state index contributed by atoms with van der Waals surface area (Å²) >= 11 is 0. The van der Waals surface area contributed by atoms with Crippen LogP contribution < -0.4 is 10.6 Å². The molecule has 2 amide bonds. The molecule has 120 valence electrons. The third-order valence-electron chi connectivity index (χ3n) is 5.29. The smallest absolute Gasteiger partial charge is 0.314 e. The Hall–Kier alpha value is -1.26. The van der Waals surface area contributed by atoms with Crippen molar-refractivity contribution in [3.63, 3.8) is 0 Å². The van der Waals surface area contributed by atoms with Crippen LogP contribution in [0.2, 0.25) is 0 Å². The first-order chi connectivity index (χ1) is 10.0. The lowest BCUT2D eigenvalue weighted by Crippen LogP contribution is -2.46. The van der Waals surface area contributed by atoms with Crippen molar-refractivity contribution in [1.82, 2.24) is 10.6 Å². The van der Waals surface area contributed by atoms with Gasteiger partial charge in [-0.05, 0) is 37.5 Å². The summed E-state index contributed by atoms with van der Waals surface area (Å²) < 4.78 is 0. The largest absolute Gasteiger partial charge is 0.481 e. The lowest BCUT2D eigenvalue weighted by atomic mass is 9.83. The molecule has 0 aromatic heterocycles. The van der Waals surface area contributed by atoms with Gasteiger partial charge in [-0.2, -0.15) is 0 Å². The summed E-state index contributed by atoms with van der Waals surface area (Å²) in [6.45, 7) is 3.23. The Morgan fingerprint density at radius 1 is 1.10 bits per heavy atom. The van der Waals surface area contributed by atoms with E-state index in [0.717, 1.165) is 18.8 Å². The number of carboxylic acid groups (broad SMARTS) is 1. The number of nitrogens with one attached hydrogen (secondary N) is 2. The van der Waals surface area contributed by atoms with E-state index in [-0.39, 0.29) is 12.6 Å². The van der Waals surface area contributed by atoms with E-state index in [1.807, 2.05) is 0 Å². The Kier molecular flexibility index (Phi) is 5.48. The van der Waals surface area contributed by atoms with E-state index in [1.54, 1.807) is 0 Å². The van der Waals surface area contributed by atoms with E-state index in [9.17, 15) is 14.7 Å². The molecule has 0 saturated heterocycles. The van der Waals surface area contributed by atoms with E-state index < -0.39 is 11.4 Å². The molecule has 0 aromatic carbocycles. The number of hydrogen-bond acceptors (Lipinski definition) is 2. The van der Waals surface area contributed by atoms with Gasteiger partial charge in [0.1, 0.15) is 0 Å². The average Bonchev–Trinajstić information content (AvgIpc) is 2.95. The number of amides is 2. The fourth-order valence-electron chi connectivity index (χ4n) is 3.60. The quantitative estimate of drug-likeness (QED) is 0.730. The van der Waals surface area contributed by atoms with Crippen LogP contribution in [-0.2, 0) is 4.79 Å². The van der Waals surface area contributed by atoms with Crippen molar-refractivity contribution >= 4 is 12.0 Å². The summed E-state index contributed by atoms with van der Waals surface area (Å²) in [6, 6.07) is -0.221. The van der Waals surface area contributed by atoms with Gasteiger partial charge in [0, 0.05) is 13.1 Å². The van der Waals surface area contributed by atoms with E-state index in [0.29, 0.717) is 25.3 Å². The molecule has 21 heavy (non-hydrogen) atoms. The van der Waals surface area contributed by atoms with Crippen LogP contribution in [0.4, 0.5) is 4.79 Å². The van der Waals surface area contributed by atoms with Crippen LogP contribution in [0, 0.1) is 17.3 Å². The maximum Gasteiger partial charge on any atom is 0.314 e. The van der Waals surface area contributed by atoms with Crippen molar-refractivity contribution in [1.29, 1.82) is 0 Å². The van der Waals surface area contributed by atoms with Crippen molar-refractivity contribution in [2.45, 2.75) is 58.3 Å². The number of carbonyl (C=O) groups is 2. The highest BCUT2D eigenvalue weighted by Crippen LogP contribution is 2.37. The van der Waals surface area contributed by atoms with Crippen LogP contribution >= 0.6 is 0 Å². The number of carboxylic acids is 1. The molecule has 0 radical (unpaired) electrons. The third kappa shape index (κ3) is 4.35. The van der Waals surface area contributed by atoms with Gasteiger partial charge >= 0.3 is 12.0 Å². The van der Waals surface area contributed by atoms with Crippen LogP contribution in [0.15, 0.2) is 0 Å².